The molecule has 1 aromatic rings. The predicted octanol–water partition coefficient (Wildman–Crippen LogP) is 1.55. The van der Waals surface area contributed by atoms with E-state index < -0.39 is 5.97 Å². The molecule has 1 saturated carbocycles. The fourth-order valence-corrected chi connectivity index (χ4v) is 1.49. The molecule has 0 spiro atoms. The third kappa shape index (κ3) is 1.43. The molecule has 1 fully saturated rings. The zero-order valence-electron chi connectivity index (χ0n) is 7.50. The topological polar surface area (TPSA) is 66.0 Å². The first-order valence-corrected chi connectivity index (χ1v) is 4.54. The minimum Gasteiger partial charge on any atom is -0.475 e. The lowest BCUT2D eigenvalue weighted by molar-refractivity contribution is 0.0684. The van der Waals surface area contributed by atoms with Crippen LogP contribution < -0.4 is 0 Å². The van der Waals surface area contributed by atoms with Gasteiger partial charge in [-0.15, -0.1) is 0 Å². The summed E-state index contributed by atoms with van der Waals surface area (Å²) in [6.07, 6.45) is 3.12. The second kappa shape index (κ2) is 2.87. The number of carbonyl (C=O) groups is 1. The van der Waals surface area contributed by atoms with Gasteiger partial charge in [0.1, 0.15) is 0 Å². The Bertz CT molecular complexity index is 339. The number of aromatic nitrogens is 2. The number of aromatic amines is 1. The van der Waals surface area contributed by atoms with Crippen LogP contribution in [0.15, 0.2) is 0 Å². The third-order valence-electron chi connectivity index (χ3n) is 2.33. The van der Waals surface area contributed by atoms with Gasteiger partial charge in [0, 0.05) is 11.6 Å². The third-order valence-corrected chi connectivity index (χ3v) is 2.33. The number of hydrogen-bond donors (Lipinski definition) is 2. The molecule has 0 aliphatic heterocycles. The van der Waals surface area contributed by atoms with E-state index in [0.29, 0.717) is 5.92 Å². The Morgan fingerprint density at radius 2 is 2.38 bits per heavy atom. The first-order chi connectivity index (χ1) is 6.22. The van der Waals surface area contributed by atoms with Crippen LogP contribution in [0.3, 0.4) is 0 Å². The number of H-pyrrole nitrogens is 1. The average Bonchev–Trinajstić information content (AvgIpc) is 2.84. The number of aromatic carboxylic acids is 1. The molecule has 0 aromatic carbocycles. The summed E-state index contributed by atoms with van der Waals surface area (Å²) in [7, 11) is 0. The SMILES string of the molecule is CCc1[nH]c(C(=O)O)nc1C1CC1. The molecule has 0 radical (unpaired) electrons. The Hall–Kier alpha value is -1.32. The lowest BCUT2D eigenvalue weighted by atomic mass is 10.2. The van der Waals surface area contributed by atoms with E-state index in [1.807, 2.05) is 6.92 Å². The predicted molar refractivity (Wildman–Crippen MR) is 46.9 cm³/mol. The lowest BCUT2D eigenvalue weighted by Crippen LogP contribution is -1.98. The first-order valence-electron chi connectivity index (χ1n) is 4.54. The van der Waals surface area contributed by atoms with Crippen molar-refractivity contribution in [2.75, 3.05) is 0 Å². The number of hydrogen-bond acceptors (Lipinski definition) is 2. The van der Waals surface area contributed by atoms with E-state index in [0.717, 1.165) is 30.7 Å². The highest BCUT2D eigenvalue weighted by Gasteiger charge is 2.29. The van der Waals surface area contributed by atoms with Crippen LogP contribution in [0.25, 0.3) is 0 Å². The fourth-order valence-electron chi connectivity index (χ4n) is 1.49. The van der Waals surface area contributed by atoms with E-state index in [2.05, 4.69) is 9.97 Å². The average molecular weight is 180 g/mol. The summed E-state index contributed by atoms with van der Waals surface area (Å²) in [6, 6.07) is 0. The van der Waals surface area contributed by atoms with E-state index in [4.69, 9.17) is 5.11 Å². The van der Waals surface area contributed by atoms with E-state index in [9.17, 15) is 4.79 Å². The number of rotatable bonds is 3. The minimum absolute atomic E-state index is 0.0822. The standard InChI is InChI=1S/C9H12N2O2/c1-2-6-7(5-3-4-5)11-8(10-6)9(12)13/h5H,2-4H2,1H3,(H,10,11)(H,12,13). The molecule has 0 amide bonds. The van der Waals surface area contributed by atoms with E-state index in [1.54, 1.807) is 0 Å². The Balaban J connectivity index is 2.36. The van der Waals surface area contributed by atoms with Crippen molar-refractivity contribution < 1.29 is 9.90 Å². The minimum atomic E-state index is -0.971. The van der Waals surface area contributed by atoms with Crippen molar-refractivity contribution in [2.24, 2.45) is 0 Å². The molecule has 13 heavy (non-hydrogen) atoms. The fraction of sp³-hybridized carbons (Fsp3) is 0.556. The molecule has 0 saturated heterocycles. The summed E-state index contributed by atoms with van der Waals surface area (Å²) in [4.78, 5) is 17.6. The van der Waals surface area contributed by atoms with Gasteiger partial charge in [0.25, 0.3) is 0 Å². The molecule has 1 aliphatic carbocycles. The molecule has 4 nitrogen and oxygen atoms in total. The summed E-state index contributed by atoms with van der Waals surface area (Å²) in [5.74, 6) is -0.375. The van der Waals surface area contributed by atoms with Crippen molar-refractivity contribution in [2.45, 2.75) is 32.1 Å². The molecule has 2 rings (SSSR count). The van der Waals surface area contributed by atoms with Crippen molar-refractivity contribution in [3.05, 3.63) is 17.2 Å². The number of carboxylic acid groups (broad SMARTS) is 1. The zero-order chi connectivity index (χ0) is 9.42. The van der Waals surface area contributed by atoms with Gasteiger partial charge < -0.3 is 10.1 Å². The van der Waals surface area contributed by atoms with E-state index >= 15 is 0 Å². The monoisotopic (exact) mass is 180 g/mol. The molecule has 1 heterocycles. The van der Waals surface area contributed by atoms with E-state index in [-0.39, 0.29) is 5.82 Å². The summed E-state index contributed by atoms with van der Waals surface area (Å²) < 4.78 is 0. The summed E-state index contributed by atoms with van der Waals surface area (Å²) in [5.41, 5.74) is 1.96. The van der Waals surface area contributed by atoms with Crippen molar-refractivity contribution in [3.8, 4) is 0 Å². The summed E-state index contributed by atoms with van der Waals surface area (Å²) in [5, 5.41) is 8.73. The molecule has 2 N–H and O–H groups in total. The number of aryl methyl sites for hydroxylation is 1. The van der Waals surface area contributed by atoms with Crippen LogP contribution in [0.2, 0.25) is 0 Å². The molecule has 0 atom stereocenters. The number of carboxylic acids is 1. The Kier molecular flexibility index (Phi) is 1.83. The molecular weight excluding hydrogens is 168 g/mol. The first kappa shape index (κ1) is 8.29. The molecule has 0 bridgehead atoms. The van der Waals surface area contributed by atoms with E-state index in [1.165, 1.54) is 0 Å². The smallest absolute Gasteiger partial charge is 0.371 e. The van der Waals surface area contributed by atoms with Gasteiger partial charge in [-0.05, 0) is 19.3 Å². The van der Waals surface area contributed by atoms with Crippen LogP contribution in [-0.2, 0) is 6.42 Å². The second-order valence-electron chi connectivity index (χ2n) is 3.38. The van der Waals surface area contributed by atoms with Crippen molar-refractivity contribution in [1.29, 1.82) is 0 Å². The number of nitrogens with one attached hydrogen (secondary N) is 1. The number of nitrogens with zero attached hydrogens (tertiary/aromatic N) is 1. The van der Waals surface area contributed by atoms with Crippen LogP contribution in [0.5, 0.6) is 0 Å². The van der Waals surface area contributed by atoms with Gasteiger partial charge in [-0.3, -0.25) is 0 Å². The number of imidazole rings is 1. The Morgan fingerprint density at radius 3 is 2.85 bits per heavy atom. The van der Waals surface area contributed by atoms with Crippen LogP contribution in [0, 0.1) is 0 Å². The van der Waals surface area contributed by atoms with Crippen LogP contribution >= 0.6 is 0 Å². The van der Waals surface area contributed by atoms with Crippen molar-refractivity contribution >= 4 is 5.97 Å². The maximum Gasteiger partial charge on any atom is 0.371 e. The Labute approximate surface area is 76.0 Å². The van der Waals surface area contributed by atoms with Crippen LogP contribution in [-0.4, -0.2) is 21.0 Å². The molecule has 4 heteroatoms. The molecular formula is C9H12N2O2. The lowest BCUT2D eigenvalue weighted by Gasteiger charge is -1.93. The zero-order valence-corrected chi connectivity index (χ0v) is 7.50. The summed E-state index contributed by atoms with van der Waals surface area (Å²) in [6.45, 7) is 2.00. The summed E-state index contributed by atoms with van der Waals surface area (Å²) >= 11 is 0. The highest BCUT2D eigenvalue weighted by atomic mass is 16.4. The normalized spacial score (nSPS) is 16.1. The van der Waals surface area contributed by atoms with Gasteiger partial charge in [-0.1, -0.05) is 6.92 Å². The van der Waals surface area contributed by atoms with Gasteiger partial charge >= 0.3 is 5.97 Å². The molecule has 0 unspecified atom stereocenters. The Morgan fingerprint density at radius 1 is 1.69 bits per heavy atom. The molecule has 1 aliphatic rings. The maximum absolute atomic E-state index is 10.6. The van der Waals surface area contributed by atoms with Crippen LogP contribution in [0.1, 0.15) is 47.7 Å². The van der Waals surface area contributed by atoms with Gasteiger partial charge in [0.2, 0.25) is 5.82 Å². The van der Waals surface area contributed by atoms with Gasteiger partial charge in [0.05, 0.1) is 5.69 Å². The quantitative estimate of drug-likeness (QED) is 0.741. The maximum atomic E-state index is 10.6. The van der Waals surface area contributed by atoms with Crippen molar-refractivity contribution in [3.63, 3.8) is 0 Å². The largest absolute Gasteiger partial charge is 0.475 e. The highest BCUT2D eigenvalue weighted by Crippen LogP contribution is 2.40. The van der Waals surface area contributed by atoms with Gasteiger partial charge in [-0.2, -0.15) is 0 Å². The highest BCUT2D eigenvalue weighted by molar-refractivity contribution is 5.83. The van der Waals surface area contributed by atoms with Crippen LogP contribution in [0.4, 0.5) is 0 Å². The second-order valence-corrected chi connectivity index (χ2v) is 3.38. The van der Waals surface area contributed by atoms with Crippen molar-refractivity contribution in [1.82, 2.24) is 9.97 Å². The molecule has 1 aromatic heterocycles. The van der Waals surface area contributed by atoms with Gasteiger partial charge in [-0.25, -0.2) is 9.78 Å². The molecule has 70 valence electrons. The van der Waals surface area contributed by atoms with Gasteiger partial charge in [0.15, 0.2) is 0 Å².